The van der Waals surface area contributed by atoms with E-state index in [2.05, 4.69) is 14.9 Å². The molecule has 8 heteroatoms. The molecule has 3 rings (SSSR count). The van der Waals surface area contributed by atoms with Crippen LogP contribution in [0, 0.1) is 12.8 Å². The first-order valence-electron chi connectivity index (χ1n) is 7.55. The molecule has 1 aliphatic heterocycles. The molecule has 1 fully saturated rings. The number of piperidine rings is 1. The molecule has 1 aliphatic rings. The molecule has 122 valence electrons. The van der Waals surface area contributed by atoms with Crippen LogP contribution in [-0.4, -0.2) is 45.9 Å². The number of carbonyl (C=O) groups excluding carboxylic acids is 2. The number of nitrogens with one attached hydrogen (secondary N) is 1. The zero-order valence-corrected chi connectivity index (χ0v) is 14.5. The van der Waals surface area contributed by atoms with E-state index in [9.17, 15) is 9.59 Å². The Morgan fingerprint density at radius 2 is 2.17 bits per heavy atom. The molecule has 6 nitrogen and oxygen atoms in total. The molecule has 2 aromatic rings. The van der Waals surface area contributed by atoms with Crippen LogP contribution in [0.4, 0.5) is 0 Å². The average Bonchev–Trinajstić information content (AvgIpc) is 3.24. The van der Waals surface area contributed by atoms with Gasteiger partial charge in [0, 0.05) is 19.6 Å². The third kappa shape index (κ3) is 3.76. The van der Waals surface area contributed by atoms with Gasteiger partial charge in [0.2, 0.25) is 0 Å². The predicted octanol–water partition coefficient (Wildman–Crippen LogP) is 2.19. The van der Waals surface area contributed by atoms with Gasteiger partial charge < -0.3 is 10.2 Å². The summed E-state index contributed by atoms with van der Waals surface area (Å²) in [5.41, 5.74) is 0.699. The van der Waals surface area contributed by atoms with Gasteiger partial charge in [-0.25, -0.2) is 0 Å². The van der Waals surface area contributed by atoms with Crippen molar-refractivity contribution in [2.45, 2.75) is 19.8 Å². The summed E-state index contributed by atoms with van der Waals surface area (Å²) in [4.78, 5) is 27.6. The first-order valence-corrected chi connectivity index (χ1v) is 9.20. The smallest absolute Gasteiger partial charge is 0.267 e. The third-order valence-corrected chi connectivity index (χ3v) is 5.73. The summed E-state index contributed by atoms with van der Waals surface area (Å²) in [6.45, 7) is 3.91. The first-order chi connectivity index (χ1) is 11.1. The third-order valence-electron chi connectivity index (χ3n) is 4.04. The molecule has 23 heavy (non-hydrogen) atoms. The van der Waals surface area contributed by atoms with Crippen molar-refractivity contribution in [2.75, 3.05) is 19.6 Å². The minimum Gasteiger partial charge on any atom is -0.351 e. The fraction of sp³-hybridized carbons (Fsp3) is 0.467. The zero-order valence-electron chi connectivity index (χ0n) is 12.8. The van der Waals surface area contributed by atoms with Crippen LogP contribution in [0.3, 0.4) is 0 Å². The van der Waals surface area contributed by atoms with Crippen molar-refractivity contribution in [3.63, 3.8) is 0 Å². The van der Waals surface area contributed by atoms with E-state index in [0.29, 0.717) is 23.0 Å². The van der Waals surface area contributed by atoms with Gasteiger partial charge in [-0.3, -0.25) is 9.59 Å². The first kappa shape index (κ1) is 16.1. The van der Waals surface area contributed by atoms with E-state index in [-0.39, 0.29) is 11.8 Å². The molecule has 2 amide bonds. The second-order valence-electron chi connectivity index (χ2n) is 5.61. The van der Waals surface area contributed by atoms with E-state index in [4.69, 9.17) is 0 Å². The Bertz CT molecular complexity index is 675. The van der Waals surface area contributed by atoms with Gasteiger partial charge in [-0.15, -0.1) is 16.4 Å². The van der Waals surface area contributed by atoms with Gasteiger partial charge in [-0.1, -0.05) is 10.6 Å². The van der Waals surface area contributed by atoms with Crippen molar-refractivity contribution in [2.24, 2.45) is 5.92 Å². The Hall–Kier alpha value is -1.80. The van der Waals surface area contributed by atoms with E-state index < -0.39 is 0 Å². The maximum atomic E-state index is 12.4. The number of aromatic nitrogens is 2. The van der Waals surface area contributed by atoms with Crippen LogP contribution >= 0.6 is 22.9 Å². The van der Waals surface area contributed by atoms with Crippen molar-refractivity contribution in [3.05, 3.63) is 33.0 Å². The summed E-state index contributed by atoms with van der Waals surface area (Å²) >= 11 is 2.60. The Morgan fingerprint density at radius 3 is 2.78 bits per heavy atom. The van der Waals surface area contributed by atoms with E-state index in [1.165, 1.54) is 11.3 Å². The van der Waals surface area contributed by atoms with Gasteiger partial charge in [0.1, 0.15) is 4.88 Å². The minimum absolute atomic E-state index is 0.00938. The van der Waals surface area contributed by atoms with Crippen LogP contribution in [-0.2, 0) is 0 Å². The van der Waals surface area contributed by atoms with Crippen LogP contribution in [0.5, 0.6) is 0 Å². The summed E-state index contributed by atoms with van der Waals surface area (Å²) in [7, 11) is 0. The summed E-state index contributed by atoms with van der Waals surface area (Å²) < 4.78 is 3.82. The summed E-state index contributed by atoms with van der Waals surface area (Å²) in [6, 6.07) is 3.70. The maximum Gasteiger partial charge on any atom is 0.267 e. The van der Waals surface area contributed by atoms with Crippen molar-refractivity contribution in [3.8, 4) is 0 Å². The lowest BCUT2D eigenvalue weighted by molar-refractivity contribution is 0.0688. The Balaban J connectivity index is 1.46. The van der Waals surface area contributed by atoms with E-state index in [0.717, 1.165) is 42.3 Å². The minimum atomic E-state index is -0.00938. The number of nitrogens with zero attached hydrogens (tertiary/aromatic N) is 3. The summed E-state index contributed by atoms with van der Waals surface area (Å²) in [5.74, 6) is 0.437. The van der Waals surface area contributed by atoms with Gasteiger partial charge in [-0.05, 0) is 48.7 Å². The molecule has 2 aromatic heterocycles. The van der Waals surface area contributed by atoms with Crippen molar-refractivity contribution < 1.29 is 9.59 Å². The average molecular weight is 350 g/mol. The van der Waals surface area contributed by atoms with Crippen LogP contribution in [0.2, 0.25) is 0 Å². The van der Waals surface area contributed by atoms with E-state index in [1.807, 2.05) is 29.3 Å². The number of hydrogen-bond donors (Lipinski definition) is 1. The van der Waals surface area contributed by atoms with Crippen LogP contribution in [0.25, 0.3) is 0 Å². The number of carbonyl (C=O) groups is 2. The molecule has 0 spiro atoms. The van der Waals surface area contributed by atoms with Gasteiger partial charge in [0.15, 0.2) is 0 Å². The Kier molecular flexibility index (Phi) is 5.02. The number of rotatable bonds is 4. The van der Waals surface area contributed by atoms with E-state index in [1.54, 1.807) is 0 Å². The summed E-state index contributed by atoms with van der Waals surface area (Å²) in [6.07, 6.45) is 1.81. The molecular weight excluding hydrogens is 332 g/mol. The highest BCUT2D eigenvalue weighted by molar-refractivity contribution is 7.12. The number of amides is 2. The summed E-state index contributed by atoms with van der Waals surface area (Å²) in [5, 5.41) is 8.78. The largest absolute Gasteiger partial charge is 0.351 e. The molecule has 3 heterocycles. The van der Waals surface area contributed by atoms with Crippen molar-refractivity contribution in [1.29, 1.82) is 0 Å². The number of likely N-dealkylation sites (tertiary alicyclic amines) is 1. The van der Waals surface area contributed by atoms with Gasteiger partial charge in [0.05, 0.1) is 10.6 Å². The number of thiophene rings is 1. The number of hydrogen-bond acceptors (Lipinski definition) is 6. The predicted molar refractivity (Wildman–Crippen MR) is 89.9 cm³/mol. The quantitative estimate of drug-likeness (QED) is 0.917. The molecule has 0 aliphatic carbocycles. The highest BCUT2D eigenvalue weighted by atomic mass is 32.1. The Labute approximate surface area is 142 Å². The van der Waals surface area contributed by atoms with Crippen molar-refractivity contribution >= 4 is 34.7 Å². The SMILES string of the molecule is Cc1nnsc1C(=O)N1CCC(CNC(=O)c2cccs2)CC1. The van der Waals surface area contributed by atoms with Crippen LogP contribution in [0.1, 0.15) is 37.9 Å². The number of aryl methyl sites for hydroxylation is 1. The van der Waals surface area contributed by atoms with E-state index >= 15 is 0 Å². The molecule has 0 radical (unpaired) electrons. The second-order valence-corrected chi connectivity index (χ2v) is 7.31. The lowest BCUT2D eigenvalue weighted by atomic mass is 9.96. The van der Waals surface area contributed by atoms with Gasteiger partial charge >= 0.3 is 0 Å². The van der Waals surface area contributed by atoms with Crippen molar-refractivity contribution in [1.82, 2.24) is 19.8 Å². The fourth-order valence-electron chi connectivity index (χ4n) is 2.64. The normalized spacial score (nSPS) is 15.6. The molecule has 1 N–H and O–H groups in total. The topological polar surface area (TPSA) is 75.2 Å². The highest BCUT2D eigenvalue weighted by Gasteiger charge is 2.26. The fourth-order valence-corrected chi connectivity index (χ4v) is 3.91. The standard InChI is InChI=1S/C15H18N4O2S2/c1-10-13(23-18-17-10)15(21)19-6-4-11(5-7-19)9-16-14(20)12-3-2-8-22-12/h2-3,8,11H,4-7,9H2,1H3,(H,16,20). The zero-order chi connectivity index (χ0) is 16.2. The lowest BCUT2D eigenvalue weighted by Gasteiger charge is -2.31. The molecule has 0 bridgehead atoms. The molecule has 0 aromatic carbocycles. The lowest BCUT2D eigenvalue weighted by Crippen LogP contribution is -2.41. The maximum absolute atomic E-state index is 12.4. The van der Waals surface area contributed by atoms with Crippen LogP contribution < -0.4 is 5.32 Å². The van der Waals surface area contributed by atoms with Gasteiger partial charge in [-0.2, -0.15) is 0 Å². The monoisotopic (exact) mass is 350 g/mol. The van der Waals surface area contributed by atoms with Crippen LogP contribution in [0.15, 0.2) is 17.5 Å². The molecule has 0 unspecified atom stereocenters. The molecule has 0 atom stereocenters. The van der Waals surface area contributed by atoms with Gasteiger partial charge in [0.25, 0.3) is 11.8 Å². The highest BCUT2D eigenvalue weighted by Crippen LogP contribution is 2.21. The Morgan fingerprint density at radius 1 is 1.39 bits per heavy atom. The second kappa shape index (κ2) is 7.18. The molecular formula is C15H18N4O2S2. The molecule has 0 saturated carbocycles. The molecule has 1 saturated heterocycles.